The van der Waals surface area contributed by atoms with Crippen LogP contribution in [0.4, 0.5) is 11.6 Å². The molecule has 0 bridgehead atoms. The summed E-state index contributed by atoms with van der Waals surface area (Å²) in [6, 6.07) is 14.3. The topological polar surface area (TPSA) is 106 Å². The Morgan fingerprint density at radius 2 is 1.82 bits per heavy atom. The third kappa shape index (κ3) is 4.76. The van der Waals surface area contributed by atoms with Gasteiger partial charge in [0.1, 0.15) is 17.5 Å². The average Bonchev–Trinajstić information content (AvgIpc) is 3.08. The maximum Gasteiger partial charge on any atom is 0.242 e. The predicted octanol–water partition coefficient (Wildman–Crippen LogP) is 3.26. The monoisotopic (exact) mass is 463 g/mol. The lowest BCUT2D eigenvalue weighted by Crippen LogP contribution is -2.22. The molecule has 0 saturated heterocycles. The van der Waals surface area contributed by atoms with Crippen molar-refractivity contribution in [3.05, 3.63) is 83.6 Å². The minimum atomic E-state index is -3.51. The van der Waals surface area contributed by atoms with Gasteiger partial charge >= 0.3 is 0 Å². The average molecular weight is 464 g/mol. The lowest BCUT2D eigenvalue weighted by Gasteiger charge is -2.12. The summed E-state index contributed by atoms with van der Waals surface area (Å²) >= 11 is 0. The summed E-state index contributed by atoms with van der Waals surface area (Å²) in [7, 11) is -0.483. The molecule has 0 radical (unpaired) electrons. The Hall–Kier alpha value is -3.63. The first-order valence-corrected chi connectivity index (χ1v) is 11.8. The molecule has 33 heavy (non-hydrogen) atoms. The van der Waals surface area contributed by atoms with Crippen LogP contribution in [-0.2, 0) is 16.4 Å². The quantitative estimate of drug-likeness (QED) is 0.448. The number of benzene rings is 1. The number of nitrogens with zero attached hydrogens (tertiary/aromatic N) is 6. The molecule has 1 N–H and O–H groups in total. The molecule has 170 valence electrons. The van der Waals surface area contributed by atoms with Gasteiger partial charge in [-0.05, 0) is 49.7 Å². The van der Waals surface area contributed by atoms with Crippen LogP contribution < -0.4 is 5.32 Å². The molecule has 9 nitrogen and oxygen atoms in total. The first kappa shape index (κ1) is 22.6. The zero-order valence-electron chi connectivity index (χ0n) is 18.9. The molecule has 3 aromatic heterocycles. The lowest BCUT2D eigenvalue weighted by atomic mass is 10.1. The normalized spacial score (nSPS) is 11.7. The highest BCUT2D eigenvalue weighted by atomic mass is 32.2. The Labute approximate surface area is 193 Å². The van der Waals surface area contributed by atoms with E-state index in [-0.39, 0.29) is 4.90 Å². The standard InChI is InChI=1S/C23H25N7O2S/c1-16-17(2)28-30(22-10-5-6-12-25-22)23(16)27-20-11-13-24-21(26-20)15-18-8-7-9-19(14-18)33(31,32)29(3)4/h5-14H,15H2,1-4H3,(H,24,26,27). The van der Waals surface area contributed by atoms with Crippen LogP contribution in [0.2, 0.25) is 0 Å². The summed E-state index contributed by atoms with van der Waals surface area (Å²) < 4.78 is 27.8. The molecule has 0 amide bonds. The first-order chi connectivity index (χ1) is 15.8. The van der Waals surface area contributed by atoms with E-state index in [1.165, 1.54) is 18.4 Å². The Balaban J connectivity index is 1.61. The van der Waals surface area contributed by atoms with Crippen molar-refractivity contribution in [3.8, 4) is 5.82 Å². The van der Waals surface area contributed by atoms with E-state index in [0.29, 0.717) is 23.9 Å². The van der Waals surface area contributed by atoms with Crippen LogP contribution in [0.25, 0.3) is 5.82 Å². The number of aryl methyl sites for hydroxylation is 1. The van der Waals surface area contributed by atoms with E-state index in [1.54, 1.807) is 41.3 Å². The molecule has 0 aliphatic carbocycles. The SMILES string of the molecule is Cc1nn(-c2ccccn2)c(Nc2ccnc(Cc3cccc(S(=O)(=O)N(C)C)c3)n2)c1C. The van der Waals surface area contributed by atoms with E-state index in [4.69, 9.17) is 0 Å². The molecule has 0 saturated carbocycles. The number of sulfonamides is 1. The van der Waals surface area contributed by atoms with Gasteiger partial charge in [0.05, 0.1) is 10.6 Å². The van der Waals surface area contributed by atoms with Crippen LogP contribution in [0, 0.1) is 13.8 Å². The Bertz CT molecular complexity index is 1380. The molecule has 0 aliphatic heterocycles. The molecule has 0 atom stereocenters. The summed E-state index contributed by atoms with van der Waals surface area (Å²) in [5.74, 6) is 2.65. The van der Waals surface area contributed by atoms with Gasteiger partial charge in [0.2, 0.25) is 10.0 Å². The van der Waals surface area contributed by atoms with Gasteiger partial charge in [0, 0.05) is 38.5 Å². The molecule has 1 aromatic carbocycles. The highest BCUT2D eigenvalue weighted by molar-refractivity contribution is 7.89. The van der Waals surface area contributed by atoms with Gasteiger partial charge in [-0.25, -0.2) is 27.7 Å². The second kappa shape index (κ2) is 9.08. The fourth-order valence-corrected chi connectivity index (χ4v) is 4.25. The van der Waals surface area contributed by atoms with Crippen molar-refractivity contribution in [3.63, 3.8) is 0 Å². The van der Waals surface area contributed by atoms with Gasteiger partial charge in [-0.1, -0.05) is 18.2 Å². The van der Waals surface area contributed by atoms with Gasteiger partial charge in [-0.2, -0.15) is 9.78 Å². The first-order valence-electron chi connectivity index (χ1n) is 10.3. The van der Waals surface area contributed by atoms with E-state index in [9.17, 15) is 8.42 Å². The smallest absolute Gasteiger partial charge is 0.242 e. The number of nitrogens with one attached hydrogen (secondary N) is 1. The molecule has 0 fully saturated rings. The maximum atomic E-state index is 12.4. The van der Waals surface area contributed by atoms with Crippen molar-refractivity contribution in [2.24, 2.45) is 0 Å². The van der Waals surface area contributed by atoms with Crippen LogP contribution in [-0.4, -0.2) is 51.6 Å². The third-order valence-corrected chi connectivity index (χ3v) is 7.03. The van der Waals surface area contributed by atoms with Crippen molar-refractivity contribution >= 4 is 21.7 Å². The molecular weight excluding hydrogens is 438 g/mol. The van der Waals surface area contributed by atoms with Crippen molar-refractivity contribution in [2.75, 3.05) is 19.4 Å². The van der Waals surface area contributed by atoms with Crippen LogP contribution in [0.15, 0.2) is 65.8 Å². The molecule has 3 heterocycles. The van der Waals surface area contributed by atoms with E-state index >= 15 is 0 Å². The Morgan fingerprint density at radius 3 is 2.55 bits per heavy atom. The summed E-state index contributed by atoms with van der Waals surface area (Å²) in [4.78, 5) is 13.6. The van der Waals surface area contributed by atoms with Crippen LogP contribution >= 0.6 is 0 Å². The van der Waals surface area contributed by atoms with E-state index in [1.807, 2.05) is 38.1 Å². The second-order valence-corrected chi connectivity index (χ2v) is 9.91. The Morgan fingerprint density at radius 1 is 1.00 bits per heavy atom. The van der Waals surface area contributed by atoms with Crippen molar-refractivity contribution in [1.29, 1.82) is 0 Å². The number of rotatable bonds is 7. The minimum Gasteiger partial charge on any atom is -0.324 e. The third-order valence-electron chi connectivity index (χ3n) is 5.22. The summed E-state index contributed by atoms with van der Waals surface area (Å²) in [6.07, 6.45) is 3.79. The predicted molar refractivity (Wildman–Crippen MR) is 126 cm³/mol. The summed E-state index contributed by atoms with van der Waals surface area (Å²) in [5.41, 5.74) is 2.68. The van der Waals surface area contributed by atoms with Crippen LogP contribution in [0.3, 0.4) is 0 Å². The van der Waals surface area contributed by atoms with Gasteiger partial charge < -0.3 is 5.32 Å². The molecule has 4 aromatic rings. The van der Waals surface area contributed by atoms with E-state index < -0.39 is 10.0 Å². The molecule has 4 rings (SSSR count). The maximum absolute atomic E-state index is 12.4. The van der Waals surface area contributed by atoms with Gasteiger partial charge in [-0.3, -0.25) is 0 Å². The number of hydrogen-bond acceptors (Lipinski definition) is 7. The van der Waals surface area contributed by atoms with Crippen LogP contribution in [0.5, 0.6) is 0 Å². The van der Waals surface area contributed by atoms with E-state index in [2.05, 4.69) is 25.4 Å². The van der Waals surface area contributed by atoms with Crippen LogP contribution in [0.1, 0.15) is 22.6 Å². The van der Waals surface area contributed by atoms with Gasteiger partial charge in [0.15, 0.2) is 5.82 Å². The zero-order valence-corrected chi connectivity index (χ0v) is 19.7. The number of anilines is 2. The fourth-order valence-electron chi connectivity index (χ4n) is 3.28. The zero-order chi connectivity index (χ0) is 23.6. The lowest BCUT2D eigenvalue weighted by molar-refractivity contribution is 0.520. The number of aromatic nitrogens is 5. The summed E-state index contributed by atoms with van der Waals surface area (Å²) in [5, 5.41) is 7.94. The number of pyridine rings is 1. The Kier molecular flexibility index (Phi) is 6.21. The second-order valence-electron chi connectivity index (χ2n) is 7.75. The van der Waals surface area contributed by atoms with Crippen molar-refractivity contribution in [1.82, 2.24) is 29.0 Å². The largest absolute Gasteiger partial charge is 0.324 e. The molecular formula is C23H25N7O2S. The van der Waals surface area contributed by atoms with Crippen molar-refractivity contribution < 1.29 is 8.42 Å². The summed E-state index contributed by atoms with van der Waals surface area (Å²) in [6.45, 7) is 3.93. The molecule has 0 aliphatic rings. The van der Waals surface area contributed by atoms with Gasteiger partial charge in [-0.15, -0.1) is 0 Å². The highest BCUT2D eigenvalue weighted by Gasteiger charge is 2.18. The van der Waals surface area contributed by atoms with E-state index in [0.717, 1.165) is 22.6 Å². The highest BCUT2D eigenvalue weighted by Crippen LogP contribution is 2.25. The fraction of sp³-hybridized carbons (Fsp3) is 0.217. The molecule has 10 heteroatoms. The minimum absolute atomic E-state index is 0.240. The van der Waals surface area contributed by atoms with Gasteiger partial charge in [0.25, 0.3) is 0 Å². The molecule has 0 spiro atoms. The number of hydrogen-bond donors (Lipinski definition) is 1. The molecule has 0 unspecified atom stereocenters. The van der Waals surface area contributed by atoms with Crippen molar-refractivity contribution in [2.45, 2.75) is 25.2 Å².